The summed E-state index contributed by atoms with van der Waals surface area (Å²) in [6.07, 6.45) is 3.53. The topological polar surface area (TPSA) is 38.8 Å². The Morgan fingerprint density at radius 2 is 2.00 bits per heavy atom. The lowest BCUT2D eigenvalue weighted by Gasteiger charge is -2.47. The Balaban J connectivity index is 1.24. The molecule has 4 nitrogen and oxygen atoms in total. The highest BCUT2D eigenvalue weighted by molar-refractivity contribution is 8.01. The van der Waals surface area contributed by atoms with Gasteiger partial charge in [0.2, 0.25) is 0 Å². The van der Waals surface area contributed by atoms with Gasteiger partial charge in [-0.15, -0.1) is 11.8 Å². The van der Waals surface area contributed by atoms with Gasteiger partial charge in [0.05, 0.1) is 10.9 Å². The molecule has 25 heavy (non-hydrogen) atoms. The molecule has 1 aromatic rings. The predicted octanol–water partition coefficient (Wildman–Crippen LogP) is 2.97. The number of rotatable bonds is 4. The molecule has 0 N–H and O–H groups in total. The lowest BCUT2D eigenvalue weighted by molar-refractivity contribution is -0.0118. The molecule has 0 aliphatic carbocycles. The predicted molar refractivity (Wildman–Crippen MR) is 95.4 cm³/mol. The number of hydrogen-bond acceptors (Lipinski definition) is 4. The molecular weight excluding hydrogens is 341 g/mol. The third-order valence-electron chi connectivity index (χ3n) is 5.42. The smallest absolute Gasteiger partial charge is 0.253 e. The van der Waals surface area contributed by atoms with E-state index in [4.69, 9.17) is 9.47 Å². The minimum absolute atomic E-state index is 0.00204. The summed E-state index contributed by atoms with van der Waals surface area (Å²) in [5.74, 6) is 1.33. The lowest BCUT2D eigenvalue weighted by Crippen LogP contribution is -2.60. The molecule has 1 spiro atoms. The van der Waals surface area contributed by atoms with Gasteiger partial charge in [-0.1, -0.05) is 0 Å². The molecule has 3 fully saturated rings. The van der Waals surface area contributed by atoms with E-state index in [1.165, 1.54) is 12.1 Å². The van der Waals surface area contributed by atoms with Crippen LogP contribution in [-0.4, -0.2) is 60.3 Å². The van der Waals surface area contributed by atoms with Gasteiger partial charge in [-0.3, -0.25) is 4.79 Å². The highest BCUT2D eigenvalue weighted by atomic mass is 32.2. The van der Waals surface area contributed by atoms with E-state index in [0.717, 1.165) is 57.9 Å². The first-order valence-corrected chi connectivity index (χ1v) is 10.0. The number of carbonyl (C=O) groups excluding carboxylic acids is 1. The number of hydrogen-bond donors (Lipinski definition) is 0. The molecule has 3 aliphatic rings. The molecule has 0 radical (unpaired) electrons. The van der Waals surface area contributed by atoms with Crippen LogP contribution in [0.15, 0.2) is 24.3 Å². The Morgan fingerprint density at radius 1 is 1.28 bits per heavy atom. The summed E-state index contributed by atoms with van der Waals surface area (Å²) in [6, 6.07) is 5.80. The van der Waals surface area contributed by atoms with Crippen LogP contribution >= 0.6 is 11.8 Å². The monoisotopic (exact) mass is 365 g/mol. The van der Waals surface area contributed by atoms with Crippen molar-refractivity contribution < 1.29 is 18.7 Å². The van der Waals surface area contributed by atoms with Crippen molar-refractivity contribution in [2.45, 2.75) is 30.1 Å². The molecule has 3 saturated heterocycles. The van der Waals surface area contributed by atoms with Crippen LogP contribution in [0.1, 0.15) is 29.6 Å². The Hall–Kier alpha value is -1.11. The number of thioether (sulfide) groups is 1. The van der Waals surface area contributed by atoms with Crippen LogP contribution < -0.4 is 0 Å². The normalized spacial score (nSPS) is 26.0. The zero-order valence-electron chi connectivity index (χ0n) is 14.3. The Morgan fingerprint density at radius 3 is 2.72 bits per heavy atom. The molecule has 1 atom stereocenters. The second-order valence-electron chi connectivity index (χ2n) is 7.38. The molecule has 1 aromatic carbocycles. The number of ether oxygens (including phenoxy) is 2. The van der Waals surface area contributed by atoms with E-state index in [-0.39, 0.29) is 16.5 Å². The van der Waals surface area contributed by atoms with E-state index in [1.807, 2.05) is 16.7 Å². The van der Waals surface area contributed by atoms with Crippen molar-refractivity contribution in [1.82, 2.24) is 4.90 Å². The molecule has 136 valence electrons. The van der Waals surface area contributed by atoms with Crippen molar-refractivity contribution in [2.75, 3.05) is 38.7 Å². The fourth-order valence-electron chi connectivity index (χ4n) is 3.88. The average Bonchev–Trinajstić information content (AvgIpc) is 3.04. The molecule has 4 rings (SSSR count). The van der Waals surface area contributed by atoms with E-state index in [0.29, 0.717) is 17.6 Å². The quantitative estimate of drug-likeness (QED) is 0.822. The fraction of sp³-hybridized carbons (Fsp3) is 0.632. The number of halogens is 1. The van der Waals surface area contributed by atoms with Gasteiger partial charge < -0.3 is 14.4 Å². The molecule has 0 bridgehead atoms. The molecule has 0 aromatic heterocycles. The van der Waals surface area contributed by atoms with Crippen molar-refractivity contribution >= 4 is 17.7 Å². The first-order chi connectivity index (χ1) is 12.1. The van der Waals surface area contributed by atoms with Crippen molar-refractivity contribution in [3.63, 3.8) is 0 Å². The molecule has 3 aliphatic heterocycles. The van der Waals surface area contributed by atoms with E-state index >= 15 is 0 Å². The fourth-order valence-corrected chi connectivity index (χ4v) is 5.43. The molecule has 0 saturated carbocycles. The van der Waals surface area contributed by atoms with Crippen LogP contribution in [0.3, 0.4) is 0 Å². The Kier molecular flexibility index (Phi) is 5.02. The van der Waals surface area contributed by atoms with Gasteiger partial charge in [0.25, 0.3) is 5.91 Å². The van der Waals surface area contributed by atoms with Crippen molar-refractivity contribution in [2.24, 2.45) is 5.92 Å². The SMILES string of the molecule is O=C(c1ccc(F)cc1)N1CC2(C[C@H](OCC3CCOCC3)CS2)C1. The average molecular weight is 365 g/mol. The number of benzene rings is 1. The van der Waals surface area contributed by atoms with Crippen molar-refractivity contribution in [3.8, 4) is 0 Å². The third-order valence-corrected chi connectivity index (χ3v) is 7.00. The minimum Gasteiger partial charge on any atom is -0.381 e. The maximum Gasteiger partial charge on any atom is 0.253 e. The van der Waals surface area contributed by atoms with E-state index < -0.39 is 0 Å². The minimum atomic E-state index is -0.313. The van der Waals surface area contributed by atoms with E-state index in [1.54, 1.807) is 12.1 Å². The maximum atomic E-state index is 13.0. The number of amides is 1. The lowest BCUT2D eigenvalue weighted by atomic mass is 9.92. The van der Waals surface area contributed by atoms with Crippen LogP contribution in [0, 0.1) is 11.7 Å². The summed E-state index contributed by atoms with van der Waals surface area (Å²) < 4.78 is 24.7. The van der Waals surface area contributed by atoms with Gasteiger partial charge >= 0.3 is 0 Å². The van der Waals surface area contributed by atoms with Crippen molar-refractivity contribution in [1.29, 1.82) is 0 Å². The largest absolute Gasteiger partial charge is 0.381 e. The van der Waals surface area contributed by atoms with Crippen LogP contribution in [-0.2, 0) is 9.47 Å². The molecular formula is C19H24FNO3S. The standard InChI is InChI=1S/C19H24FNO3S/c20-16-3-1-15(2-4-16)18(22)21-12-19(13-21)9-17(11-25-19)24-10-14-5-7-23-8-6-14/h1-4,14,17H,5-13H2/t17-/m0/s1. The van der Waals surface area contributed by atoms with Crippen LogP contribution in [0.4, 0.5) is 4.39 Å². The van der Waals surface area contributed by atoms with Gasteiger partial charge in [0.15, 0.2) is 0 Å². The molecule has 6 heteroatoms. The Bertz CT molecular complexity index is 612. The molecule has 3 heterocycles. The van der Waals surface area contributed by atoms with Gasteiger partial charge in [0, 0.05) is 44.2 Å². The highest BCUT2D eigenvalue weighted by Crippen LogP contribution is 2.46. The molecule has 0 unspecified atom stereocenters. The summed E-state index contributed by atoms with van der Waals surface area (Å²) in [4.78, 5) is 14.3. The van der Waals surface area contributed by atoms with Gasteiger partial charge in [-0.05, 0) is 49.4 Å². The second kappa shape index (κ2) is 7.25. The summed E-state index contributed by atoms with van der Waals surface area (Å²) >= 11 is 1.94. The van der Waals surface area contributed by atoms with Crippen LogP contribution in [0.5, 0.6) is 0 Å². The summed E-state index contributed by atoms with van der Waals surface area (Å²) in [6.45, 7) is 4.09. The van der Waals surface area contributed by atoms with Crippen molar-refractivity contribution in [3.05, 3.63) is 35.6 Å². The van der Waals surface area contributed by atoms with Gasteiger partial charge in [0.1, 0.15) is 5.82 Å². The third kappa shape index (κ3) is 3.86. The van der Waals surface area contributed by atoms with Crippen LogP contribution in [0.2, 0.25) is 0 Å². The maximum absolute atomic E-state index is 13.0. The van der Waals surface area contributed by atoms with E-state index in [9.17, 15) is 9.18 Å². The Labute approximate surface area is 152 Å². The van der Waals surface area contributed by atoms with E-state index in [2.05, 4.69) is 0 Å². The molecule has 1 amide bonds. The highest BCUT2D eigenvalue weighted by Gasteiger charge is 2.51. The van der Waals surface area contributed by atoms with Gasteiger partial charge in [-0.2, -0.15) is 0 Å². The first kappa shape index (κ1) is 17.3. The number of carbonyl (C=O) groups is 1. The first-order valence-electron chi connectivity index (χ1n) is 9.02. The summed E-state index contributed by atoms with van der Waals surface area (Å²) in [5, 5.41) is 0. The van der Waals surface area contributed by atoms with Gasteiger partial charge in [-0.25, -0.2) is 4.39 Å². The number of nitrogens with zero attached hydrogens (tertiary/aromatic N) is 1. The second-order valence-corrected chi connectivity index (χ2v) is 8.87. The van der Waals surface area contributed by atoms with Crippen LogP contribution in [0.25, 0.3) is 0 Å². The summed E-state index contributed by atoms with van der Waals surface area (Å²) in [5.41, 5.74) is 0.562. The number of likely N-dealkylation sites (tertiary alicyclic amines) is 1. The summed E-state index contributed by atoms with van der Waals surface area (Å²) in [7, 11) is 0. The zero-order chi connectivity index (χ0) is 17.3. The zero-order valence-corrected chi connectivity index (χ0v) is 15.1.